The van der Waals surface area contributed by atoms with Gasteiger partial charge in [0, 0.05) is 25.9 Å². The Balaban J connectivity index is 1.41. The minimum atomic E-state index is -0.721. The van der Waals surface area contributed by atoms with Crippen molar-refractivity contribution in [3.05, 3.63) is 71.4 Å². The second-order valence-electron chi connectivity index (χ2n) is 8.27. The highest BCUT2D eigenvalue weighted by Crippen LogP contribution is 2.49. The Morgan fingerprint density at radius 3 is 1.43 bits per heavy atom. The number of nitrogens with zero attached hydrogens (tertiary/aromatic N) is 2. The van der Waals surface area contributed by atoms with Crippen molar-refractivity contribution in [2.24, 2.45) is 11.8 Å². The lowest BCUT2D eigenvalue weighted by Crippen LogP contribution is -2.57. The van der Waals surface area contributed by atoms with E-state index in [0.29, 0.717) is 11.8 Å². The maximum absolute atomic E-state index is 11.0. The molecule has 0 saturated heterocycles. The van der Waals surface area contributed by atoms with Crippen LogP contribution in [0.4, 0.5) is 11.4 Å². The van der Waals surface area contributed by atoms with Gasteiger partial charge in [0.15, 0.2) is 23.3 Å². The summed E-state index contributed by atoms with van der Waals surface area (Å²) in [7, 11) is 3.87. The van der Waals surface area contributed by atoms with Gasteiger partial charge in [0.25, 0.3) is 0 Å². The van der Waals surface area contributed by atoms with Gasteiger partial charge < -0.3 is 29.5 Å². The molecule has 1 saturated carbocycles. The van der Waals surface area contributed by atoms with Crippen LogP contribution in [0.25, 0.3) is 0 Å². The third kappa shape index (κ3) is 2.57. The van der Waals surface area contributed by atoms with E-state index < -0.39 is 24.0 Å². The number of fused-ring (bicyclic) bond motifs is 2. The Hall–Kier alpha value is -2.96. The van der Waals surface area contributed by atoms with E-state index in [2.05, 4.69) is 0 Å². The molecule has 2 aliphatic heterocycles. The molecule has 0 amide bonds. The molecule has 3 aliphatic rings. The van der Waals surface area contributed by atoms with Crippen LogP contribution in [-0.2, 0) is 0 Å². The Morgan fingerprint density at radius 1 is 0.700 bits per heavy atom. The van der Waals surface area contributed by atoms with Crippen LogP contribution in [0.3, 0.4) is 0 Å². The zero-order chi connectivity index (χ0) is 21.2. The van der Waals surface area contributed by atoms with Gasteiger partial charge in [0.1, 0.15) is 0 Å². The van der Waals surface area contributed by atoms with E-state index in [-0.39, 0.29) is 0 Å². The molecular formula is C24H26N2O4. The van der Waals surface area contributed by atoms with E-state index in [0.717, 1.165) is 34.0 Å². The summed E-state index contributed by atoms with van der Waals surface area (Å²) in [5, 5.41) is 22.1. The SMILES string of the molecule is C/C(=C1\Oc2ccccc2N1C)C1C(O)C(/C(C)=C2/Oc3ccccc3N2C)C1O. The Kier molecular flexibility index (Phi) is 4.31. The fraction of sp³-hybridized carbons (Fsp3) is 0.333. The van der Waals surface area contributed by atoms with Crippen LogP contribution in [0, 0.1) is 11.8 Å². The molecule has 5 rings (SSSR count). The minimum Gasteiger partial charge on any atom is -0.439 e. The molecule has 2 heterocycles. The van der Waals surface area contributed by atoms with Gasteiger partial charge in [-0.25, -0.2) is 0 Å². The first-order valence-corrected chi connectivity index (χ1v) is 10.2. The highest BCUT2D eigenvalue weighted by Gasteiger charge is 2.53. The third-order valence-corrected chi connectivity index (χ3v) is 6.62. The maximum atomic E-state index is 11.0. The number of hydrogen-bond donors (Lipinski definition) is 2. The molecule has 1 fully saturated rings. The molecule has 1 aliphatic carbocycles. The number of ether oxygens (including phenoxy) is 2. The monoisotopic (exact) mass is 406 g/mol. The Labute approximate surface area is 176 Å². The first-order chi connectivity index (χ1) is 14.4. The van der Waals surface area contributed by atoms with Crippen molar-refractivity contribution >= 4 is 11.4 Å². The molecule has 0 atom stereocenters. The minimum absolute atomic E-state index is 0.397. The molecule has 156 valence electrons. The molecule has 0 bridgehead atoms. The van der Waals surface area contributed by atoms with Gasteiger partial charge in [-0.2, -0.15) is 0 Å². The number of benzene rings is 2. The van der Waals surface area contributed by atoms with Crippen molar-refractivity contribution in [3.63, 3.8) is 0 Å². The second kappa shape index (κ2) is 6.79. The van der Waals surface area contributed by atoms with Crippen molar-refractivity contribution in [3.8, 4) is 11.5 Å². The smallest absolute Gasteiger partial charge is 0.199 e. The summed E-state index contributed by atoms with van der Waals surface area (Å²) in [6.07, 6.45) is -1.44. The predicted molar refractivity (Wildman–Crippen MR) is 115 cm³/mol. The van der Waals surface area contributed by atoms with Crippen LogP contribution in [0.15, 0.2) is 71.4 Å². The summed E-state index contributed by atoms with van der Waals surface area (Å²) in [5.74, 6) is 2.12. The van der Waals surface area contributed by atoms with Gasteiger partial charge in [0.05, 0.1) is 23.6 Å². The molecule has 0 radical (unpaired) electrons. The largest absolute Gasteiger partial charge is 0.439 e. The fourth-order valence-corrected chi connectivity index (χ4v) is 4.91. The van der Waals surface area contributed by atoms with E-state index >= 15 is 0 Å². The lowest BCUT2D eigenvalue weighted by Gasteiger charge is -2.48. The van der Waals surface area contributed by atoms with Crippen LogP contribution < -0.4 is 19.3 Å². The number of rotatable bonds is 2. The van der Waals surface area contributed by atoms with E-state index in [1.54, 1.807) is 0 Å². The standard InChI is InChI=1S/C24H26N2O4/c1-13(23-25(3)15-9-5-7-11-17(15)29-23)19-21(27)20(22(19)28)14(2)24-26(4)16-10-6-8-12-18(16)30-24/h5-12,19-22,27-28H,1-4H3/b23-13+,24-14+. The molecule has 2 N–H and O–H groups in total. The van der Waals surface area contributed by atoms with Crippen molar-refractivity contribution in [2.75, 3.05) is 23.9 Å². The Morgan fingerprint density at radius 2 is 1.07 bits per heavy atom. The van der Waals surface area contributed by atoms with Gasteiger partial charge in [0.2, 0.25) is 0 Å². The van der Waals surface area contributed by atoms with Gasteiger partial charge in [-0.15, -0.1) is 0 Å². The number of hydrogen-bond acceptors (Lipinski definition) is 6. The molecule has 0 unspecified atom stereocenters. The number of aliphatic hydroxyl groups is 2. The van der Waals surface area contributed by atoms with Crippen molar-refractivity contribution in [1.82, 2.24) is 0 Å². The van der Waals surface area contributed by atoms with E-state index in [4.69, 9.17) is 9.47 Å². The molecule has 0 spiro atoms. The average Bonchev–Trinajstić information content (AvgIpc) is 3.26. The maximum Gasteiger partial charge on any atom is 0.199 e. The topological polar surface area (TPSA) is 65.4 Å². The molecule has 2 aromatic rings. The second-order valence-corrected chi connectivity index (χ2v) is 8.27. The quantitative estimate of drug-likeness (QED) is 0.796. The van der Waals surface area contributed by atoms with Crippen molar-refractivity contribution in [2.45, 2.75) is 26.1 Å². The number of para-hydroxylation sites is 4. The molecule has 0 aromatic heterocycles. The van der Waals surface area contributed by atoms with Gasteiger partial charge in [-0.05, 0) is 49.3 Å². The zero-order valence-corrected chi connectivity index (χ0v) is 17.5. The fourth-order valence-electron chi connectivity index (χ4n) is 4.91. The normalized spacial score (nSPS) is 30.2. The summed E-state index contributed by atoms with van der Waals surface area (Å²) >= 11 is 0. The molecule has 6 nitrogen and oxygen atoms in total. The van der Waals surface area contributed by atoms with Gasteiger partial charge in [-0.3, -0.25) is 0 Å². The predicted octanol–water partition coefficient (Wildman–Crippen LogP) is 3.47. The van der Waals surface area contributed by atoms with Crippen LogP contribution >= 0.6 is 0 Å². The summed E-state index contributed by atoms with van der Waals surface area (Å²) in [6.45, 7) is 3.84. The first-order valence-electron chi connectivity index (χ1n) is 10.2. The van der Waals surface area contributed by atoms with Crippen molar-refractivity contribution in [1.29, 1.82) is 0 Å². The number of aliphatic hydroxyl groups excluding tert-OH is 2. The van der Waals surface area contributed by atoms with Crippen LogP contribution in [-0.4, -0.2) is 36.5 Å². The first kappa shape index (κ1) is 19.0. The van der Waals surface area contributed by atoms with Crippen molar-refractivity contribution < 1.29 is 19.7 Å². The average molecular weight is 406 g/mol. The van der Waals surface area contributed by atoms with E-state index in [1.165, 1.54) is 0 Å². The highest BCUT2D eigenvalue weighted by molar-refractivity contribution is 5.67. The molecular weight excluding hydrogens is 380 g/mol. The molecule has 2 aromatic carbocycles. The molecule has 6 heteroatoms. The van der Waals surface area contributed by atoms with Crippen LogP contribution in [0.1, 0.15) is 13.8 Å². The summed E-state index contributed by atoms with van der Waals surface area (Å²) in [5.41, 5.74) is 3.63. The highest BCUT2D eigenvalue weighted by atomic mass is 16.5. The summed E-state index contributed by atoms with van der Waals surface area (Å²) in [4.78, 5) is 3.93. The summed E-state index contributed by atoms with van der Waals surface area (Å²) < 4.78 is 12.1. The van der Waals surface area contributed by atoms with Crippen LogP contribution in [0.2, 0.25) is 0 Å². The van der Waals surface area contributed by atoms with Gasteiger partial charge in [-0.1, -0.05) is 24.3 Å². The molecule has 30 heavy (non-hydrogen) atoms. The van der Waals surface area contributed by atoms with E-state index in [9.17, 15) is 10.2 Å². The lowest BCUT2D eigenvalue weighted by molar-refractivity contribution is -0.121. The number of anilines is 2. The lowest BCUT2D eigenvalue weighted by atomic mass is 9.63. The van der Waals surface area contributed by atoms with Crippen LogP contribution in [0.5, 0.6) is 11.5 Å². The summed E-state index contributed by atoms with van der Waals surface area (Å²) in [6, 6.07) is 15.6. The Bertz CT molecular complexity index is 983. The van der Waals surface area contributed by atoms with E-state index in [1.807, 2.05) is 86.3 Å². The zero-order valence-electron chi connectivity index (χ0n) is 17.5. The third-order valence-electron chi connectivity index (χ3n) is 6.62. The van der Waals surface area contributed by atoms with Gasteiger partial charge >= 0.3 is 0 Å².